The van der Waals surface area contributed by atoms with Crippen LogP contribution >= 0.6 is 0 Å². The van der Waals surface area contributed by atoms with E-state index in [1.54, 1.807) is 7.11 Å². The molecule has 1 saturated carbocycles. The van der Waals surface area contributed by atoms with Crippen molar-refractivity contribution in [2.75, 3.05) is 20.3 Å². The number of ether oxygens (including phenoxy) is 2. The van der Waals surface area contributed by atoms with Crippen molar-refractivity contribution >= 4 is 0 Å². The Morgan fingerprint density at radius 3 is 2.56 bits per heavy atom. The van der Waals surface area contributed by atoms with E-state index in [0.29, 0.717) is 12.1 Å². The zero-order valence-electron chi connectivity index (χ0n) is 11.2. The summed E-state index contributed by atoms with van der Waals surface area (Å²) in [6.45, 7) is 8.35. The molecule has 3 heteroatoms. The van der Waals surface area contributed by atoms with Gasteiger partial charge in [-0.1, -0.05) is 6.92 Å². The molecule has 1 fully saturated rings. The van der Waals surface area contributed by atoms with Gasteiger partial charge in [-0.3, -0.25) is 0 Å². The van der Waals surface area contributed by atoms with Gasteiger partial charge in [-0.2, -0.15) is 0 Å². The minimum Gasteiger partial charge on any atom is -0.379 e. The number of rotatable bonds is 8. The van der Waals surface area contributed by atoms with Gasteiger partial charge in [0.15, 0.2) is 0 Å². The molecule has 1 aliphatic carbocycles. The van der Waals surface area contributed by atoms with Crippen LogP contribution in [0.4, 0.5) is 0 Å². The highest BCUT2D eigenvalue weighted by atomic mass is 16.5. The zero-order chi connectivity index (χ0) is 12.0. The van der Waals surface area contributed by atoms with Crippen LogP contribution in [0, 0.1) is 0 Å². The van der Waals surface area contributed by atoms with Gasteiger partial charge in [0.25, 0.3) is 0 Å². The average molecular weight is 229 g/mol. The Kier molecular flexibility index (Phi) is 5.73. The molecule has 0 saturated heterocycles. The second kappa shape index (κ2) is 6.58. The van der Waals surface area contributed by atoms with E-state index >= 15 is 0 Å². The summed E-state index contributed by atoms with van der Waals surface area (Å²) in [4.78, 5) is 0. The molecule has 1 N–H and O–H groups in total. The smallest absolute Gasteiger partial charge is 0.0644 e. The first kappa shape index (κ1) is 13.9. The maximum absolute atomic E-state index is 5.81. The van der Waals surface area contributed by atoms with Crippen molar-refractivity contribution in [2.24, 2.45) is 0 Å². The number of methoxy groups -OCH3 is 1. The van der Waals surface area contributed by atoms with E-state index in [4.69, 9.17) is 9.47 Å². The Bertz CT molecular complexity index is 188. The van der Waals surface area contributed by atoms with Crippen molar-refractivity contribution in [3.63, 3.8) is 0 Å². The van der Waals surface area contributed by atoms with E-state index in [1.165, 1.54) is 19.3 Å². The van der Waals surface area contributed by atoms with Crippen molar-refractivity contribution in [2.45, 2.75) is 64.2 Å². The van der Waals surface area contributed by atoms with E-state index in [1.807, 2.05) is 0 Å². The highest BCUT2D eigenvalue weighted by Gasteiger charge is 2.29. The first-order valence-corrected chi connectivity index (χ1v) is 6.47. The third-order valence-electron chi connectivity index (χ3n) is 3.39. The zero-order valence-corrected chi connectivity index (χ0v) is 11.2. The van der Waals surface area contributed by atoms with Gasteiger partial charge >= 0.3 is 0 Å². The van der Waals surface area contributed by atoms with Crippen LogP contribution in [0.1, 0.15) is 46.5 Å². The van der Waals surface area contributed by atoms with E-state index < -0.39 is 0 Å². The molecule has 0 atom stereocenters. The molecule has 1 aliphatic rings. The highest BCUT2D eigenvalue weighted by molar-refractivity contribution is 4.86. The average Bonchev–Trinajstić information content (AvgIpc) is 2.20. The lowest BCUT2D eigenvalue weighted by Crippen LogP contribution is -2.46. The minimum atomic E-state index is -0.0520. The fraction of sp³-hybridized carbons (Fsp3) is 1.00. The fourth-order valence-electron chi connectivity index (χ4n) is 1.79. The van der Waals surface area contributed by atoms with Gasteiger partial charge in [-0.15, -0.1) is 0 Å². The Labute approximate surface area is 99.9 Å². The van der Waals surface area contributed by atoms with Crippen LogP contribution < -0.4 is 5.32 Å². The molecule has 0 aromatic heterocycles. The first-order valence-electron chi connectivity index (χ1n) is 6.47. The Balaban J connectivity index is 1.97. The van der Waals surface area contributed by atoms with Crippen molar-refractivity contribution in [3.8, 4) is 0 Å². The molecular weight excluding hydrogens is 202 g/mol. The Hall–Kier alpha value is -0.120. The lowest BCUT2D eigenvalue weighted by molar-refractivity contribution is -0.0539. The van der Waals surface area contributed by atoms with Crippen LogP contribution in [0.15, 0.2) is 0 Å². The molecule has 0 unspecified atom stereocenters. The van der Waals surface area contributed by atoms with Crippen molar-refractivity contribution < 1.29 is 9.47 Å². The van der Waals surface area contributed by atoms with Crippen molar-refractivity contribution in [3.05, 3.63) is 0 Å². The van der Waals surface area contributed by atoms with Crippen LogP contribution in [0.3, 0.4) is 0 Å². The molecule has 1 rings (SSSR count). The minimum absolute atomic E-state index is 0.0520. The summed E-state index contributed by atoms with van der Waals surface area (Å²) in [5, 5.41) is 3.51. The van der Waals surface area contributed by atoms with Gasteiger partial charge in [0.1, 0.15) is 0 Å². The fourth-order valence-corrected chi connectivity index (χ4v) is 1.79. The molecule has 16 heavy (non-hydrogen) atoms. The molecule has 0 aromatic carbocycles. The van der Waals surface area contributed by atoms with Crippen LogP contribution in [0.5, 0.6) is 0 Å². The van der Waals surface area contributed by atoms with Gasteiger partial charge in [-0.25, -0.2) is 0 Å². The van der Waals surface area contributed by atoms with E-state index in [0.717, 1.165) is 19.6 Å². The van der Waals surface area contributed by atoms with Crippen LogP contribution in [0.2, 0.25) is 0 Å². The third kappa shape index (κ3) is 4.81. The van der Waals surface area contributed by atoms with Gasteiger partial charge in [0.2, 0.25) is 0 Å². The van der Waals surface area contributed by atoms with Crippen LogP contribution in [-0.4, -0.2) is 38.0 Å². The van der Waals surface area contributed by atoms with Gasteiger partial charge in [0, 0.05) is 19.8 Å². The van der Waals surface area contributed by atoms with Gasteiger partial charge in [-0.05, 0) is 46.1 Å². The van der Waals surface area contributed by atoms with E-state index in [2.05, 4.69) is 26.1 Å². The Morgan fingerprint density at radius 1 is 1.31 bits per heavy atom. The number of nitrogens with one attached hydrogen (secondary N) is 1. The quantitative estimate of drug-likeness (QED) is 0.693. The van der Waals surface area contributed by atoms with Crippen LogP contribution in [0.25, 0.3) is 0 Å². The molecule has 0 amide bonds. The summed E-state index contributed by atoms with van der Waals surface area (Å²) in [7, 11) is 1.76. The summed E-state index contributed by atoms with van der Waals surface area (Å²) in [5.41, 5.74) is -0.0520. The molecular formula is C13H27NO2. The molecule has 3 nitrogen and oxygen atoms in total. The molecule has 0 heterocycles. The largest absolute Gasteiger partial charge is 0.379 e. The lowest BCUT2D eigenvalue weighted by Gasteiger charge is -2.36. The van der Waals surface area contributed by atoms with Gasteiger partial charge in [0.05, 0.1) is 11.7 Å². The second-order valence-corrected chi connectivity index (χ2v) is 5.33. The molecule has 0 aliphatic heterocycles. The van der Waals surface area contributed by atoms with Crippen molar-refractivity contribution in [1.29, 1.82) is 0 Å². The topological polar surface area (TPSA) is 30.5 Å². The highest BCUT2D eigenvalue weighted by Crippen LogP contribution is 2.24. The number of hydrogen-bond donors (Lipinski definition) is 1. The second-order valence-electron chi connectivity index (χ2n) is 5.33. The standard InChI is InChI=1S/C13H27NO2/c1-5-7-14-11-9-12(10-11)16-8-6-13(2,3)15-4/h11-12,14H,5-10H2,1-4H3. The van der Waals surface area contributed by atoms with E-state index in [9.17, 15) is 0 Å². The van der Waals surface area contributed by atoms with E-state index in [-0.39, 0.29) is 5.60 Å². The maximum Gasteiger partial charge on any atom is 0.0644 e. The number of hydrogen-bond acceptors (Lipinski definition) is 3. The first-order chi connectivity index (χ1) is 7.57. The lowest BCUT2D eigenvalue weighted by atomic mass is 9.89. The van der Waals surface area contributed by atoms with Gasteiger partial charge < -0.3 is 14.8 Å². The predicted molar refractivity (Wildman–Crippen MR) is 66.8 cm³/mol. The van der Waals surface area contributed by atoms with Crippen molar-refractivity contribution in [1.82, 2.24) is 5.32 Å². The summed E-state index contributed by atoms with van der Waals surface area (Å²) in [6, 6.07) is 0.695. The molecule has 0 aromatic rings. The van der Waals surface area contributed by atoms with Crippen LogP contribution in [-0.2, 0) is 9.47 Å². The molecule has 0 spiro atoms. The Morgan fingerprint density at radius 2 is 2.00 bits per heavy atom. The molecule has 0 radical (unpaired) electrons. The predicted octanol–water partition coefficient (Wildman–Crippen LogP) is 2.35. The molecule has 96 valence electrons. The molecule has 0 bridgehead atoms. The summed E-state index contributed by atoms with van der Waals surface area (Å²) >= 11 is 0. The summed E-state index contributed by atoms with van der Waals surface area (Å²) < 4.78 is 11.2. The summed E-state index contributed by atoms with van der Waals surface area (Å²) in [6.07, 6.45) is 5.00. The normalized spacial score (nSPS) is 25.5. The monoisotopic (exact) mass is 229 g/mol. The maximum atomic E-state index is 5.81. The SMILES string of the molecule is CCCNC1CC(OCCC(C)(C)OC)C1. The third-order valence-corrected chi connectivity index (χ3v) is 3.39. The summed E-state index contributed by atoms with van der Waals surface area (Å²) in [5.74, 6) is 0.